The van der Waals surface area contributed by atoms with Gasteiger partial charge in [-0.15, -0.1) is 0 Å². The van der Waals surface area contributed by atoms with Gasteiger partial charge in [0.15, 0.2) is 6.10 Å². The predicted octanol–water partition coefficient (Wildman–Crippen LogP) is 18.4. The molecule has 0 aliphatic rings. The number of esters is 3. The maximum atomic E-state index is 12.8. The SMILES string of the molecule is CC/C=C\C/C=C\C/C=C\CCCCCCCCCC(=O)OCC(COC(=O)CCCCCCC/C=C\CCCCCCC)OC(=O)CCCCCCC/C=C\CCCCCCCCC. The van der Waals surface area contributed by atoms with Crippen LogP contribution in [0.25, 0.3) is 0 Å². The van der Waals surface area contributed by atoms with E-state index in [9.17, 15) is 14.4 Å². The third kappa shape index (κ3) is 51.9. The van der Waals surface area contributed by atoms with Crippen molar-refractivity contribution in [2.24, 2.45) is 0 Å². The largest absolute Gasteiger partial charge is 0.462 e. The lowest BCUT2D eigenvalue weighted by molar-refractivity contribution is -0.167. The van der Waals surface area contributed by atoms with Crippen molar-refractivity contribution in [2.45, 2.75) is 284 Å². The van der Waals surface area contributed by atoms with E-state index < -0.39 is 6.10 Å². The number of hydrogen-bond donors (Lipinski definition) is 0. The molecule has 0 saturated carbocycles. The highest BCUT2D eigenvalue weighted by atomic mass is 16.6. The Labute approximate surface area is 402 Å². The molecule has 0 bridgehead atoms. The van der Waals surface area contributed by atoms with Crippen LogP contribution in [0.1, 0.15) is 278 Å². The molecule has 0 aromatic heterocycles. The predicted molar refractivity (Wildman–Crippen MR) is 279 cm³/mol. The van der Waals surface area contributed by atoms with Crippen LogP contribution in [0.3, 0.4) is 0 Å². The fourth-order valence-corrected chi connectivity index (χ4v) is 7.80. The molecule has 0 aromatic rings. The maximum absolute atomic E-state index is 12.8. The summed E-state index contributed by atoms with van der Waals surface area (Å²) in [5.41, 5.74) is 0. The Hall–Kier alpha value is -2.89. The third-order valence-electron chi connectivity index (χ3n) is 12.0. The second kappa shape index (κ2) is 53.7. The molecule has 1 atom stereocenters. The summed E-state index contributed by atoms with van der Waals surface area (Å²) in [6.45, 7) is 6.51. The molecule has 0 rings (SSSR count). The van der Waals surface area contributed by atoms with Gasteiger partial charge in [-0.1, -0.05) is 216 Å². The van der Waals surface area contributed by atoms with E-state index in [0.29, 0.717) is 19.3 Å². The topological polar surface area (TPSA) is 78.9 Å². The highest BCUT2D eigenvalue weighted by Gasteiger charge is 2.19. The Morgan fingerprint density at radius 3 is 0.954 bits per heavy atom. The fraction of sp³-hybridized carbons (Fsp3) is 0.780. The van der Waals surface area contributed by atoms with Crippen molar-refractivity contribution in [1.82, 2.24) is 0 Å². The van der Waals surface area contributed by atoms with E-state index in [0.717, 1.165) is 103 Å². The van der Waals surface area contributed by atoms with Crippen molar-refractivity contribution in [3.05, 3.63) is 60.8 Å². The van der Waals surface area contributed by atoms with Gasteiger partial charge in [0.05, 0.1) is 0 Å². The summed E-state index contributed by atoms with van der Waals surface area (Å²) < 4.78 is 16.8. The minimum atomic E-state index is -0.785. The van der Waals surface area contributed by atoms with E-state index in [2.05, 4.69) is 81.5 Å². The average Bonchev–Trinajstić information content (AvgIpc) is 3.30. The Bertz CT molecular complexity index is 1180. The van der Waals surface area contributed by atoms with Crippen LogP contribution < -0.4 is 0 Å². The lowest BCUT2D eigenvalue weighted by atomic mass is 10.1. The molecule has 0 saturated heterocycles. The van der Waals surface area contributed by atoms with Crippen molar-refractivity contribution < 1.29 is 28.6 Å². The van der Waals surface area contributed by atoms with Crippen LogP contribution in [0.5, 0.6) is 0 Å². The van der Waals surface area contributed by atoms with Gasteiger partial charge in [0, 0.05) is 19.3 Å². The van der Waals surface area contributed by atoms with E-state index in [1.165, 1.54) is 135 Å². The van der Waals surface area contributed by atoms with Gasteiger partial charge in [-0.3, -0.25) is 14.4 Å². The third-order valence-corrected chi connectivity index (χ3v) is 12.0. The smallest absolute Gasteiger partial charge is 0.306 e. The second-order valence-corrected chi connectivity index (χ2v) is 18.5. The van der Waals surface area contributed by atoms with E-state index >= 15 is 0 Å². The van der Waals surface area contributed by atoms with Crippen LogP contribution in [0.2, 0.25) is 0 Å². The van der Waals surface area contributed by atoms with Crippen LogP contribution in [0, 0.1) is 0 Å². The number of carbonyl (C=O) groups excluding carboxylic acids is 3. The monoisotopic (exact) mass is 909 g/mol. The Kier molecular flexibility index (Phi) is 51.3. The number of hydrogen-bond acceptors (Lipinski definition) is 6. The van der Waals surface area contributed by atoms with Crippen molar-refractivity contribution in [2.75, 3.05) is 13.2 Å². The summed E-state index contributed by atoms with van der Waals surface area (Å²) >= 11 is 0. The zero-order chi connectivity index (χ0) is 47.2. The van der Waals surface area contributed by atoms with Gasteiger partial charge in [0.25, 0.3) is 0 Å². The van der Waals surface area contributed by atoms with Gasteiger partial charge < -0.3 is 14.2 Å². The van der Waals surface area contributed by atoms with Gasteiger partial charge in [0.1, 0.15) is 13.2 Å². The summed E-state index contributed by atoms with van der Waals surface area (Å²) in [5, 5.41) is 0. The lowest BCUT2D eigenvalue weighted by Gasteiger charge is -2.18. The molecule has 1 unspecified atom stereocenters. The molecule has 6 nitrogen and oxygen atoms in total. The van der Waals surface area contributed by atoms with Crippen LogP contribution in [-0.4, -0.2) is 37.2 Å². The lowest BCUT2D eigenvalue weighted by Crippen LogP contribution is -2.30. The zero-order valence-corrected chi connectivity index (χ0v) is 43.0. The molecular formula is C59H104O6. The van der Waals surface area contributed by atoms with E-state index in [4.69, 9.17) is 14.2 Å². The van der Waals surface area contributed by atoms with E-state index in [1.54, 1.807) is 0 Å². The average molecular weight is 909 g/mol. The number of unbranched alkanes of at least 4 members (excludes halogenated alkanes) is 29. The van der Waals surface area contributed by atoms with Crippen molar-refractivity contribution in [3.8, 4) is 0 Å². The first kappa shape index (κ1) is 62.1. The minimum absolute atomic E-state index is 0.0843. The van der Waals surface area contributed by atoms with E-state index in [-0.39, 0.29) is 31.1 Å². The molecule has 0 aliphatic heterocycles. The molecule has 0 radical (unpaired) electrons. The second-order valence-electron chi connectivity index (χ2n) is 18.5. The molecule has 6 heteroatoms. The first-order valence-electron chi connectivity index (χ1n) is 27.8. The minimum Gasteiger partial charge on any atom is -0.462 e. The van der Waals surface area contributed by atoms with Gasteiger partial charge in [-0.2, -0.15) is 0 Å². The summed E-state index contributed by atoms with van der Waals surface area (Å²) in [6, 6.07) is 0. The maximum Gasteiger partial charge on any atom is 0.306 e. The Balaban J connectivity index is 4.40. The summed E-state index contributed by atoms with van der Waals surface area (Å²) in [5.74, 6) is -0.902. The first-order valence-corrected chi connectivity index (χ1v) is 27.8. The summed E-state index contributed by atoms with van der Waals surface area (Å²) in [4.78, 5) is 38.1. The van der Waals surface area contributed by atoms with Crippen molar-refractivity contribution in [3.63, 3.8) is 0 Å². The standard InChI is InChI=1S/C59H104O6/c1-4-7-10-13-16-19-22-25-28-30-32-34-37-40-43-46-49-52-58(61)64-55-56(54-63-57(60)51-48-45-42-39-36-33-27-24-21-18-15-12-9-6-3)65-59(62)53-50-47-44-41-38-35-31-29-26-23-20-17-14-11-8-5-2/h7,10,16,19,24-25,27-29,31,56H,4-6,8-9,11-15,17-18,20-23,26,30,32-55H2,1-3H3/b10-7-,19-16-,27-24-,28-25-,31-29-. The van der Waals surface area contributed by atoms with Crippen LogP contribution in [-0.2, 0) is 28.6 Å². The van der Waals surface area contributed by atoms with Gasteiger partial charge in [0.2, 0.25) is 0 Å². The first-order chi connectivity index (χ1) is 32.0. The Morgan fingerprint density at radius 2 is 0.600 bits per heavy atom. The van der Waals surface area contributed by atoms with Crippen molar-refractivity contribution >= 4 is 17.9 Å². The van der Waals surface area contributed by atoms with Gasteiger partial charge in [-0.05, 0) is 103 Å². The zero-order valence-electron chi connectivity index (χ0n) is 43.0. The quantitative estimate of drug-likeness (QED) is 0.0262. The van der Waals surface area contributed by atoms with Crippen LogP contribution in [0.15, 0.2) is 60.8 Å². The molecular weight excluding hydrogens is 805 g/mol. The molecule has 65 heavy (non-hydrogen) atoms. The molecule has 0 fully saturated rings. The normalized spacial score (nSPS) is 12.5. The summed E-state index contributed by atoms with van der Waals surface area (Å²) in [6.07, 6.45) is 66.3. The van der Waals surface area contributed by atoms with Crippen molar-refractivity contribution in [1.29, 1.82) is 0 Å². The molecule has 0 heterocycles. The molecule has 0 spiro atoms. The van der Waals surface area contributed by atoms with Crippen LogP contribution in [0.4, 0.5) is 0 Å². The molecule has 0 aliphatic carbocycles. The molecule has 376 valence electrons. The molecule has 0 amide bonds. The van der Waals surface area contributed by atoms with E-state index in [1.807, 2.05) is 0 Å². The number of allylic oxidation sites excluding steroid dienone is 10. The van der Waals surface area contributed by atoms with Crippen LogP contribution >= 0.6 is 0 Å². The van der Waals surface area contributed by atoms with Gasteiger partial charge >= 0.3 is 17.9 Å². The number of rotatable bonds is 50. The van der Waals surface area contributed by atoms with Gasteiger partial charge in [-0.25, -0.2) is 0 Å². The number of ether oxygens (including phenoxy) is 3. The highest BCUT2D eigenvalue weighted by Crippen LogP contribution is 2.15. The summed E-state index contributed by atoms with van der Waals surface area (Å²) in [7, 11) is 0. The fourth-order valence-electron chi connectivity index (χ4n) is 7.80. The Morgan fingerprint density at radius 1 is 0.323 bits per heavy atom. The molecule has 0 N–H and O–H groups in total. The highest BCUT2D eigenvalue weighted by molar-refractivity contribution is 5.71. The molecule has 0 aromatic carbocycles. The number of carbonyl (C=O) groups is 3.